The van der Waals surface area contributed by atoms with Crippen LogP contribution in [0.1, 0.15) is 27.2 Å². The Bertz CT molecular complexity index is 1170. The van der Waals surface area contributed by atoms with Gasteiger partial charge in [0, 0.05) is 0 Å². The SMILES string of the molecule is Cc1ccc(C)c(S(=O)(=O)Oc2ccc(C(=O)OCC(=O)NCc3ccco3)cc2)c1. The molecule has 3 aromatic rings. The Balaban J connectivity index is 1.56. The quantitative estimate of drug-likeness (QED) is 0.420. The number of aryl methyl sites for hydroxylation is 2. The van der Waals surface area contributed by atoms with Crippen LogP contribution < -0.4 is 9.50 Å². The van der Waals surface area contributed by atoms with E-state index >= 15 is 0 Å². The van der Waals surface area contributed by atoms with Crippen LogP contribution in [0.15, 0.2) is 70.2 Å². The number of carbonyl (C=O) groups excluding carboxylic acids is 2. The van der Waals surface area contributed by atoms with E-state index in [4.69, 9.17) is 13.3 Å². The fourth-order valence-electron chi connectivity index (χ4n) is 2.66. The van der Waals surface area contributed by atoms with Crippen LogP contribution in [0.5, 0.6) is 5.75 Å². The molecule has 0 aliphatic heterocycles. The molecule has 1 N–H and O–H groups in total. The number of hydrogen-bond donors (Lipinski definition) is 1. The van der Waals surface area contributed by atoms with Crippen LogP contribution in [0.3, 0.4) is 0 Å². The topological polar surface area (TPSA) is 112 Å². The zero-order valence-corrected chi connectivity index (χ0v) is 17.8. The molecule has 162 valence electrons. The Morgan fingerprint density at radius 2 is 1.77 bits per heavy atom. The van der Waals surface area contributed by atoms with Gasteiger partial charge in [-0.15, -0.1) is 0 Å². The highest BCUT2D eigenvalue weighted by Gasteiger charge is 2.20. The lowest BCUT2D eigenvalue weighted by Gasteiger charge is -2.10. The Labute approximate surface area is 179 Å². The van der Waals surface area contributed by atoms with Crippen molar-refractivity contribution in [3.05, 3.63) is 83.3 Å². The zero-order chi connectivity index (χ0) is 22.4. The van der Waals surface area contributed by atoms with Crippen molar-refractivity contribution >= 4 is 22.0 Å². The number of ether oxygens (including phenoxy) is 1. The molecule has 3 rings (SSSR count). The molecule has 1 amide bonds. The molecular formula is C22H21NO7S. The van der Waals surface area contributed by atoms with Crippen molar-refractivity contribution in [1.82, 2.24) is 5.32 Å². The summed E-state index contributed by atoms with van der Waals surface area (Å²) in [7, 11) is -4.02. The number of nitrogens with one attached hydrogen (secondary N) is 1. The lowest BCUT2D eigenvalue weighted by atomic mass is 10.2. The van der Waals surface area contributed by atoms with Crippen LogP contribution in [0.4, 0.5) is 0 Å². The summed E-state index contributed by atoms with van der Waals surface area (Å²) in [5.74, 6) is -0.582. The van der Waals surface area contributed by atoms with E-state index in [2.05, 4.69) is 5.32 Å². The molecule has 0 unspecified atom stereocenters. The number of rotatable bonds is 8. The highest BCUT2D eigenvalue weighted by molar-refractivity contribution is 7.87. The average molecular weight is 443 g/mol. The lowest BCUT2D eigenvalue weighted by Crippen LogP contribution is -2.28. The molecule has 0 fully saturated rings. The van der Waals surface area contributed by atoms with Crippen molar-refractivity contribution < 1.29 is 31.3 Å². The summed E-state index contributed by atoms with van der Waals surface area (Å²) >= 11 is 0. The number of carbonyl (C=O) groups is 2. The molecule has 0 spiro atoms. The first-order valence-corrected chi connectivity index (χ1v) is 10.7. The first kappa shape index (κ1) is 22.1. The molecule has 1 heterocycles. The molecule has 9 heteroatoms. The van der Waals surface area contributed by atoms with Crippen molar-refractivity contribution in [2.24, 2.45) is 0 Å². The average Bonchev–Trinajstić information content (AvgIpc) is 3.26. The largest absolute Gasteiger partial charge is 0.467 e. The molecule has 1 aromatic heterocycles. The number of benzene rings is 2. The van der Waals surface area contributed by atoms with Gasteiger partial charge in [-0.3, -0.25) is 4.79 Å². The van der Waals surface area contributed by atoms with Gasteiger partial charge in [0.15, 0.2) is 6.61 Å². The second-order valence-electron chi connectivity index (χ2n) is 6.76. The van der Waals surface area contributed by atoms with Crippen molar-refractivity contribution in [3.63, 3.8) is 0 Å². The number of furan rings is 1. The third-order valence-electron chi connectivity index (χ3n) is 4.28. The maximum atomic E-state index is 12.6. The van der Waals surface area contributed by atoms with Gasteiger partial charge in [-0.1, -0.05) is 12.1 Å². The van der Waals surface area contributed by atoms with Crippen LogP contribution in [0.25, 0.3) is 0 Å². The molecule has 0 atom stereocenters. The number of hydrogen-bond acceptors (Lipinski definition) is 7. The van der Waals surface area contributed by atoms with Crippen molar-refractivity contribution in [1.29, 1.82) is 0 Å². The third kappa shape index (κ3) is 5.95. The van der Waals surface area contributed by atoms with Gasteiger partial charge in [0.25, 0.3) is 5.91 Å². The smallest absolute Gasteiger partial charge is 0.339 e. The molecule has 8 nitrogen and oxygen atoms in total. The van der Waals surface area contributed by atoms with Crippen molar-refractivity contribution in [3.8, 4) is 5.75 Å². The summed E-state index contributed by atoms with van der Waals surface area (Å²) in [5, 5.41) is 2.55. The maximum absolute atomic E-state index is 12.6. The van der Waals surface area contributed by atoms with Gasteiger partial charge < -0.3 is 18.7 Å². The van der Waals surface area contributed by atoms with E-state index < -0.39 is 28.6 Å². The molecule has 2 aromatic carbocycles. The van der Waals surface area contributed by atoms with E-state index in [-0.39, 0.29) is 22.8 Å². The third-order valence-corrected chi connectivity index (χ3v) is 5.67. The summed E-state index contributed by atoms with van der Waals surface area (Å²) in [5.41, 5.74) is 1.51. The molecule has 31 heavy (non-hydrogen) atoms. The molecule has 0 aliphatic rings. The van der Waals surface area contributed by atoms with Gasteiger partial charge in [0.2, 0.25) is 0 Å². The lowest BCUT2D eigenvalue weighted by molar-refractivity contribution is -0.124. The fraction of sp³-hybridized carbons (Fsp3) is 0.182. The standard InChI is InChI=1S/C22H21NO7S/c1-15-5-6-16(2)20(12-15)31(26,27)30-18-9-7-17(8-10-18)22(25)29-14-21(24)23-13-19-4-3-11-28-19/h3-12H,13-14H2,1-2H3,(H,23,24). The van der Waals surface area contributed by atoms with Gasteiger partial charge >= 0.3 is 16.1 Å². The summed E-state index contributed by atoms with van der Waals surface area (Å²) in [6.45, 7) is 3.19. The van der Waals surface area contributed by atoms with Gasteiger partial charge in [0.05, 0.1) is 18.4 Å². The molecule has 0 aliphatic carbocycles. The number of esters is 1. The normalized spacial score (nSPS) is 11.0. The highest BCUT2D eigenvalue weighted by Crippen LogP contribution is 2.23. The summed E-state index contributed by atoms with van der Waals surface area (Å²) in [6.07, 6.45) is 1.49. The monoisotopic (exact) mass is 443 g/mol. The minimum atomic E-state index is -4.02. The molecule has 0 radical (unpaired) electrons. The second kappa shape index (κ2) is 9.48. The van der Waals surface area contributed by atoms with Crippen molar-refractivity contribution in [2.45, 2.75) is 25.3 Å². The van der Waals surface area contributed by atoms with Gasteiger partial charge in [-0.25, -0.2) is 4.79 Å². The van der Waals surface area contributed by atoms with Crippen LogP contribution >= 0.6 is 0 Å². The summed E-state index contributed by atoms with van der Waals surface area (Å²) < 4.78 is 40.3. The minimum absolute atomic E-state index is 0.0497. The number of amides is 1. The van der Waals surface area contributed by atoms with E-state index in [1.807, 2.05) is 6.07 Å². The predicted octanol–water partition coefficient (Wildman–Crippen LogP) is 3.14. The Morgan fingerprint density at radius 1 is 1.03 bits per heavy atom. The fourth-order valence-corrected chi connectivity index (χ4v) is 3.91. The molecule has 0 bridgehead atoms. The Morgan fingerprint density at radius 3 is 2.45 bits per heavy atom. The first-order valence-electron chi connectivity index (χ1n) is 9.32. The van der Waals surface area contributed by atoms with E-state index in [9.17, 15) is 18.0 Å². The van der Waals surface area contributed by atoms with Crippen LogP contribution in [0.2, 0.25) is 0 Å². The van der Waals surface area contributed by atoms with Crippen LogP contribution in [-0.2, 0) is 26.2 Å². The highest BCUT2D eigenvalue weighted by atomic mass is 32.2. The first-order chi connectivity index (χ1) is 14.7. The van der Waals surface area contributed by atoms with E-state index in [0.29, 0.717) is 11.3 Å². The zero-order valence-electron chi connectivity index (χ0n) is 17.0. The Kier molecular flexibility index (Phi) is 6.76. The van der Waals surface area contributed by atoms with E-state index in [1.54, 1.807) is 32.0 Å². The Hall–Kier alpha value is -3.59. The van der Waals surface area contributed by atoms with E-state index in [0.717, 1.165) is 5.56 Å². The molecule has 0 saturated carbocycles. The van der Waals surface area contributed by atoms with Gasteiger partial charge in [-0.2, -0.15) is 8.42 Å². The van der Waals surface area contributed by atoms with Crippen LogP contribution in [-0.4, -0.2) is 26.9 Å². The molecular weight excluding hydrogens is 422 g/mol. The van der Waals surface area contributed by atoms with Gasteiger partial charge in [-0.05, 0) is 67.4 Å². The molecule has 0 saturated heterocycles. The summed E-state index contributed by atoms with van der Waals surface area (Å²) in [4.78, 5) is 23.9. The van der Waals surface area contributed by atoms with Gasteiger partial charge in [0.1, 0.15) is 16.4 Å². The van der Waals surface area contributed by atoms with E-state index in [1.165, 1.54) is 36.6 Å². The maximum Gasteiger partial charge on any atom is 0.339 e. The van der Waals surface area contributed by atoms with Crippen molar-refractivity contribution in [2.75, 3.05) is 6.61 Å². The second-order valence-corrected chi connectivity index (χ2v) is 8.28. The predicted molar refractivity (Wildman–Crippen MR) is 111 cm³/mol. The summed E-state index contributed by atoms with van der Waals surface area (Å²) in [6, 6.07) is 13.9. The van der Waals surface area contributed by atoms with Crippen LogP contribution in [0, 0.1) is 13.8 Å². The minimum Gasteiger partial charge on any atom is -0.467 e.